The zero-order valence-corrected chi connectivity index (χ0v) is 13.1. The summed E-state index contributed by atoms with van der Waals surface area (Å²) in [6.07, 6.45) is -0.653. The van der Waals surface area contributed by atoms with Crippen LogP contribution in [0.3, 0.4) is 0 Å². The van der Waals surface area contributed by atoms with Crippen molar-refractivity contribution < 1.29 is 30.3 Å². The Kier molecular flexibility index (Phi) is 4.68. The Balaban J connectivity index is 1.62. The third-order valence-corrected chi connectivity index (χ3v) is 5.95. The second-order valence-corrected chi connectivity index (χ2v) is 7.86. The number of amides is 1. The lowest BCUT2D eigenvalue weighted by Crippen LogP contribution is -2.63. The van der Waals surface area contributed by atoms with Gasteiger partial charge in [0.25, 0.3) is 5.91 Å². The van der Waals surface area contributed by atoms with Crippen LogP contribution in [0, 0.1) is 17.8 Å². The molecule has 4 fully saturated rings. The molecule has 132 valence electrons. The quantitative estimate of drug-likeness (QED) is 0.352. The Bertz CT molecular complexity index is 421. The van der Waals surface area contributed by atoms with Crippen molar-refractivity contribution in [1.82, 2.24) is 5.32 Å². The third-order valence-electron chi connectivity index (χ3n) is 5.95. The van der Waals surface area contributed by atoms with E-state index in [0.717, 1.165) is 19.3 Å². The van der Waals surface area contributed by atoms with Crippen LogP contribution in [0.5, 0.6) is 0 Å². The highest BCUT2D eigenvalue weighted by molar-refractivity contribution is 5.82. The summed E-state index contributed by atoms with van der Waals surface area (Å²) in [7, 11) is 0. The highest BCUT2D eigenvalue weighted by atomic mass is 16.4. The normalized spacial score (nSPS) is 40.5. The first-order valence-corrected chi connectivity index (χ1v) is 8.48. The first-order valence-electron chi connectivity index (χ1n) is 8.48. The summed E-state index contributed by atoms with van der Waals surface area (Å²) in [5, 5.41) is 50.5. The van der Waals surface area contributed by atoms with Crippen molar-refractivity contribution >= 4 is 5.91 Å². The van der Waals surface area contributed by atoms with Gasteiger partial charge in [0.15, 0.2) is 6.10 Å². The molecule has 0 aromatic heterocycles. The van der Waals surface area contributed by atoms with E-state index in [1.54, 1.807) is 0 Å². The van der Waals surface area contributed by atoms with Crippen molar-refractivity contribution in [2.45, 2.75) is 68.5 Å². The molecule has 6 N–H and O–H groups in total. The number of aliphatic hydroxyl groups is 5. The largest absolute Gasteiger partial charge is 0.394 e. The molecule has 0 aromatic carbocycles. The summed E-state index contributed by atoms with van der Waals surface area (Å²) in [6, 6.07) is 0. The lowest BCUT2D eigenvalue weighted by Gasteiger charge is -2.57. The van der Waals surface area contributed by atoms with Crippen molar-refractivity contribution in [2.24, 2.45) is 17.8 Å². The number of carbonyl (C=O) groups excluding carboxylic acids is 1. The van der Waals surface area contributed by atoms with Gasteiger partial charge in [0.05, 0.1) is 6.61 Å². The Morgan fingerprint density at radius 1 is 0.957 bits per heavy atom. The fourth-order valence-corrected chi connectivity index (χ4v) is 5.28. The maximum Gasteiger partial charge on any atom is 0.252 e. The van der Waals surface area contributed by atoms with Crippen LogP contribution in [0.4, 0.5) is 0 Å². The van der Waals surface area contributed by atoms with Gasteiger partial charge < -0.3 is 30.8 Å². The molecule has 4 bridgehead atoms. The molecule has 0 aliphatic heterocycles. The zero-order valence-electron chi connectivity index (χ0n) is 13.1. The fourth-order valence-electron chi connectivity index (χ4n) is 5.28. The molecule has 7 nitrogen and oxygen atoms in total. The monoisotopic (exact) mass is 329 g/mol. The van der Waals surface area contributed by atoms with E-state index in [2.05, 4.69) is 5.32 Å². The summed E-state index contributed by atoms with van der Waals surface area (Å²) < 4.78 is 0. The molecule has 1 amide bonds. The van der Waals surface area contributed by atoms with E-state index in [1.807, 2.05) is 0 Å². The summed E-state index contributed by atoms with van der Waals surface area (Å²) in [4.78, 5) is 12.3. The molecule has 0 unspecified atom stereocenters. The average Bonchev–Trinajstić information content (AvgIpc) is 2.50. The van der Waals surface area contributed by atoms with Crippen LogP contribution in [0.15, 0.2) is 0 Å². The van der Waals surface area contributed by atoms with Gasteiger partial charge in [-0.15, -0.1) is 0 Å². The van der Waals surface area contributed by atoms with E-state index in [1.165, 1.54) is 19.3 Å². The minimum absolute atomic E-state index is 0.299. The summed E-state index contributed by atoms with van der Waals surface area (Å²) in [5.74, 6) is 1.17. The van der Waals surface area contributed by atoms with Gasteiger partial charge in [-0.2, -0.15) is 0 Å². The average molecular weight is 329 g/mol. The SMILES string of the molecule is O=C(NC12CC3CC(CC(C3)C1)C2)[C@H](O)[C@@H](O)[C@H](O)[C@H](O)CO. The van der Waals surface area contributed by atoms with Crippen molar-refractivity contribution in [3.8, 4) is 0 Å². The van der Waals surface area contributed by atoms with Crippen LogP contribution in [0.2, 0.25) is 0 Å². The fraction of sp³-hybridized carbons (Fsp3) is 0.938. The molecule has 0 radical (unpaired) electrons. The van der Waals surface area contributed by atoms with Gasteiger partial charge in [-0.3, -0.25) is 4.79 Å². The second kappa shape index (κ2) is 6.29. The van der Waals surface area contributed by atoms with Crippen LogP contribution in [0.1, 0.15) is 38.5 Å². The van der Waals surface area contributed by atoms with E-state index in [-0.39, 0.29) is 5.54 Å². The van der Waals surface area contributed by atoms with Gasteiger partial charge in [-0.05, 0) is 56.3 Å². The van der Waals surface area contributed by atoms with Crippen LogP contribution in [0.25, 0.3) is 0 Å². The number of nitrogens with one attached hydrogen (secondary N) is 1. The molecule has 0 aromatic rings. The van der Waals surface area contributed by atoms with Crippen LogP contribution >= 0.6 is 0 Å². The van der Waals surface area contributed by atoms with Crippen LogP contribution in [-0.2, 0) is 4.79 Å². The van der Waals surface area contributed by atoms with Crippen molar-refractivity contribution in [2.75, 3.05) is 6.61 Å². The summed E-state index contributed by atoms with van der Waals surface area (Å²) in [5.41, 5.74) is -0.299. The molecule has 4 rings (SSSR count). The predicted octanol–water partition coefficient (Wildman–Crippen LogP) is -1.49. The molecule has 0 heterocycles. The molecule has 23 heavy (non-hydrogen) atoms. The Morgan fingerprint density at radius 3 is 1.87 bits per heavy atom. The lowest BCUT2D eigenvalue weighted by atomic mass is 9.53. The van der Waals surface area contributed by atoms with Gasteiger partial charge in [-0.1, -0.05) is 0 Å². The van der Waals surface area contributed by atoms with Gasteiger partial charge >= 0.3 is 0 Å². The predicted molar refractivity (Wildman–Crippen MR) is 80.2 cm³/mol. The molecule has 4 saturated carbocycles. The van der Waals surface area contributed by atoms with Gasteiger partial charge in [-0.25, -0.2) is 0 Å². The highest BCUT2D eigenvalue weighted by Gasteiger charge is 2.52. The Labute approximate surface area is 135 Å². The minimum Gasteiger partial charge on any atom is -0.394 e. The van der Waals surface area contributed by atoms with Crippen molar-refractivity contribution in [3.63, 3.8) is 0 Å². The minimum atomic E-state index is -1.84. The molecule has 0 spiro atoms. The van der Waals surface area contributed by atoms with Gasteiger partial charge in [0, 0.05) is 5.54 Å². The molecule has 4 atom stereocenters. The van der Waals surface area contributed by atoms with E-state index in [4.69, 9.17) is 5.11 Å². The topological polar surface area (TPSA) is 130 Å². The third kappa shape index (κ3) is 3.25. The second-order valence-electron chi connectivity index (χ2n) is 7.86. The van der Waals surface area contributed by atoms with Crippen molar-refractivity contribution in [1.29, 1.82) is 0 Å². The maximum atomic E-state index is 12.3. The number of carbonyl (C=O) groups is 1. The summed E-state index contributed by atoms with van der Waals surface area (Å²) in [6.45, 7) is -0.762. The molecule has 0 saturated heterocycles. The highest BCUT2D eigenvalue weighted by Crippen LogP contribution is 2.55. The van der Waals surface area contributed by atoms with E-state index < -0.39 is 36.9 Å². The Morgan fingerprint density at radius 2 is 1.43 bits per heavy atom. The number of rotatable bonds is 6. The molecule has 4 aliphatic rings. The molecule has 4 aliphatic carbocycles. The standard InChI is InChI=1S/C16H27NO6/c18-7-11(19)12(20)13(21)14(22)15(23)17-16-4-8-1-9(5-16)3-10(2-8)6-16/h8-14,18-22H,1-7H2,(H,17,23)/t8?,9?,10?,11-,12-,13+,14-,16?/m1/s1. The lowest BCUT2D eigenvalue weighted by molar-refractivity contribution is -0.153. The first-order chi connectivity index (χ1) is 10.8. The van der Waals surface area contributed by atoms with Crippen molar-refractivity contribution in [3.05, 3.63) is 0 Å². The van der Waals surface area contributed by atoms with E-state index in [0.29, 0.717) is 17.8 Å². The van der Waals surface area contributed by atoms with Gasteiger partial charge in [0.2, 0.25) is 0 Å². The van der Waals surface area contributed by atoms with Crippen LogP contribution in [-0.4, -0.2) is 68.0 Å². The summed E-state index contributed by atoms with van der Waals surface area (Å²) >= 11 is 0. The van der Waals surface area contributed by atoms with Gasteiger partial charge in [0.1, 0.15) is 18.3 Å². The van der Waals surface area contributed by atoms with Crippen LogP contribution < -0.4 is 5.32 Å². The molecular formula is C16H27NO6. The smallest absolute Gasteiger partial charge is 0.252 e. The van der Waals surface area contributed by atoms with E-state index in [9.17, 15) is 25.2 Å². The maximum absolute atomic E-state index is 12.3. The first kappa shape index (κ1) is 17.1. The number of hydrogen-bond donors (Lipinski definition) is 6. The molecule has 7 heteroatoms. The Hall–Kier alpha value is -0.730. The zero-order chi connectivity index (χ0) is 16.8. The number of hydrogen-bond acceptors (Lipinski definition) is 6. The van der Waals surface area contributed by atoms with E-state index >= 15 is 0 Å². The molecular weight excluding hydrogens is 302 g/mol. The number of aliphatic hydroxyl groups excluding tert-OH is 5.